The maximum Gasteiger partial charge on any atom is 0.490 e. The number of amides is 1. The summed E-state index contributed by atoms with van der Waals surface area (Å²) in [4.78, 5) is 24.6. The second-order valence-electron chi connectivity index (χ2n) is 7.57. The predicted molar refractivity (Wildman–Crippen MR) is 98.5 cm³/mol. The van der Waals surface area contributed by atoms with Crippen LogP contribution >= 0.6 is 11.9 Å². The van der Waals surface area contributed by atoms with Crippen LogP contribution in [0.5, 0.6) is 0 Å². The zero-order valence-corrected chi connectivity index (χ0v) is 16.8. The molecule has 0 N–H and O–H groups in total. The highest BCUT2D eigenvalue weighted by Crippen LogP contribution is 2.37. The summed E-state index contributed by atoms with van der Waals surface area (Å²) in [5.41, 5.74) is -0.719. The second kappa shape index (κ2) is 9.07. The summed E-state index contributed by atoms with van der Waals surface area (Å²) < 4.78 is 48.7. The molecular weight excluding hydrogens is 395 g/mol. The summed E-state index contributed by atoms with van der Waals surface area (Å²) in [7, 11) is 0. The van der Waals surface area contributed by atoms with Crippen LogP contribution in [0.15, 0.2) is 35.2 Å². The van der Waals surface area contributed by atoms with Gasteiger partial charge in [-0.2, -0.15) is 13.2 Å². The number of carbonyl (C=O) groups excluding carboxylic acids is 2. The number of ether oxygens (including phenoxy) is 2. The summed E-state index contributed by atoms with van der Waals surface area (Å²) in [5.74, 6) is -2.60. The summed E-state index contributed by atoms with van der Waals surface area (Å²) >= 11 is 1.17. The average molecular weight is 419 g/mol. The van der Waals surface area contributed by atoms with Gasteiger partial charge in [0.05, 0.1) is 12.6 Å². The number of carbonyl (C=O) groups is 2. The number of nitrogens with zero attached hydrogens (tertiary/aromatic N) is 1. The van der Waals surface area contributed by atoms with Crippen LogP contribution in [0.3, 0.4) is 0 Å². The molecule has 0 spiro atoms. The second-order valence-corrected chi connectivity index (χ2v) is 8.61. The van der Waals surface area contributed by atoms with Crippen molar-refractivity contribution in [2.75, 3.05) is 6.61 Å². The molecule has 1 aliphatic rings. The van der Waals surface area contributed by atoms with Crippen LogP contribution in [0.4, 0.5) is 18.0 Å². The van der Waals surface area contributed by atoms with Gasteiger partial charge in [0, 0.05) is 10.8 Å². The van der Waals surface area contributed by atoms with Gasteiger partial charge in [0.15, 0.2) is 0 Å². The van der Waals surface area contributed by atoms with E-state index < -0.39 is 42.4 Å². The van der Waals surface area contributed by atoms with E-state index in [9.17, 15) is 22.8 Å². The van der Waals surface area contributed by atoms with Crippen molar-refractivity contribution in [2.45, 2.75) is 62.7 Å². The molecule has 1 fully saturated rings. The summed E-state index contributed by atoms with van der Waals surface area (Å²) in [6, 6.07) is 8.75. The average Bonchev–Trinajstić information content (AvgIpc) is 3.04. The van der Waals surface area contributed by atoms with Gasteiger partial charge >= 0.3 is 18.2 Å². The van der Waals surface area contributed by atoms with Crippen LogP contribution in [0.1, 0.15) is 40.0 Å². The van der Waals surface area contributed by atoms with E-state index in [1.807, 2.05) is 30.3 Å². The Hall–Kier alpha value is -1.90. The molecule has 9 heteroatoms. The maximum absolute atomic E-state index is 12.8. The molecule has 1 aromatic rings. The zero-order chi connectivity index (χ0) is 20.9. The van der Waals surface area contributed by atoms with Gasteiger partial charge in [0.1, 0.15) is 5.60 Å². The van der Waals surface area contributed by atoms with Gasteiger partial charge < -0.3 is 9.47 Å². The Kier molecular flexibility index (Phi) is 7.25. The molecular formula is C19H24F3NO4S. The van der Waals surface area contributed by atoms with Crippen LogP contribution in [0.2, 0.25) is 0 Å². The minimum Gasteiger partial charge on any atom is -0.459 e. The van der Waals surface area contributed by atoms with Gasteiger partial charge in [-0.1, -0.05) is 24.6 Å². The van der Waals surface area contributed by atoms with Gasteiger partial charge in [-0.05, 0) is 57.7 Å². The Balaban J connectivity index is 2.15. The molecule has 0 radical (unpaired) electrons. The highest BCUT2D eigenvalue weighted by molar-refractivity contribution is 7.97. The fourth-order valence-electron chi connectivity index (χ4n) is 2.93. The molecule has 0 aromatic heterocycles. The fraction of sp³-hybridized carbons (Fsp3) is 0.579. The van der Waals surface area contributed by atoms with Crippen LogP contribution in [0, 0.1) is 5.92 Å². The Morgan fingerprint density at radius 1 is 1.14 bits per heavy atom. The normalized spacial score (nSPS) is 19.9. The van der Waals surface area contributed by atoms with Crippen LogP contribution < -0.4 is 0 Å². The molecule has 156 valence electrons. The van der Waals surface area contributed by atoms with Crippen molar-refractivity contribution in [3.05, 3.63) is 30.3 Å². The molecule has 0 heterocycles. The lowest BCUT2D eigenvalue weighted by Gasteiger charge is -2.33. The zero-order valence-electron chi connectivity index (χ0n) is 16.0. The fourth-order valence-corrected chi connectivity index (χ4v) is 3.96. The van der Waals surface area contributed by atoms with Crippen molar-refractivity contribution in [2.24, 2.45) is 5.92 Å². The summed E-state index contributed by atoms with van der Waals surface area (Å²) in [5, 5.41) is 0. The number of esters is 1. The summed E-state index contributed by atoms with van der Waals surface area (Å²) in [6.07, 6.45) is -3.73. The van der Waals surface area contributed by atoms with Crippen molar-refractivity contribution in [1.29, 1.82) is 0 Å². The number of rotatable bonds is 5. The monoisotopic (exact) mass is 419 g/mol. The Morgan fingerprint density at radius 2 is 1.79 bits per heavy atom. The molecule has 1 aliphatic carbocycles. The first-order valence-electron chi connectivity index (χ1n) is 8.96. The lowest BCUT2D eigenvalue weighted by atomic mass is 10.1. The number of hydrogen-bond donors (Lipinski definition) is 0. The van der Waals surface area contributed by atoms with Crippen molar-refractivity contribution in [3.8, 4) is 0 Å². The van der Waals surface area contributed by atoms with E-state index in [0.29, 0.717) is 19.3 Å². The molecule has 2 rings (SSSR count). The van der Waals surface area contributed by atoms with Crippen LogP contribution in [-0.2, 0) is 14.3 Å². The van der Waals surface area contributed by atoms with E-state index >= 15 is 0 Å². The van der Waals surface area contributed by atoms with Gasteiger partial charge in [0.25, 0.3) is 0 Å². The van der Waals surface area contributed by atoms with Crippen molar-refractivity contribution < 1.29 is 32.2 Å². The molecule has 1 saturated carbocycles. The third-order valence-corrected chi connectivity index (χ3v) is 5.20. The Morgan fingerprint density at radius 3 is 2.36 bits per heavy atom. The van der Waals surface area contributed by atoms with Gasteiger partial charge in [0.2, 0.25) is 0 Å². The predicted octanol–water partition coefficient (Wildman–Crippen LogP) is 5.21. The topological polar surface area (TPSA) is 55.8 Å². The Labute approximate surface area is 166 Å². The number of alkyl halides is 3. The quantitative estimate of drug-likeness (QED) is 0.485. The number of benzene rings is 1. The smallest absolute Gasteiger partial charge is 0.459 e. The van der Waals surface area contributed by atoms with Gasteiger partial charge in [-0.3, -0.25) is 0 Å². The van der Waals surface area contributed by atoms with E-state index in [4.69, 9.17) is 4.74 Å². The first-order chi connectivity index (χ1) is 13.0. The molecule has 2 atom stereocenters. The molecule has 0 aliphatic heterocycles. The van der Waals surface area contributed by atoms with Crippen molar-refractivity contribution in [1.82, 2.24) is 4.31 Å². The highest BCUT2D eigenvalue weighted by atomic mass is 32.2. The third kappa shape index (κ3) is 6.61. The van der Waals surface area contributed by atoms with Crippen molar-refractivity contribution in [3.63, 3.8) is 0 Å². The molecule has 1 aromatic carbocycles. The largest absolute Gasteiger partial charge is 0.490 e. The van der Waals surface area contributed by atoms with Crippen LogP contribution in [-0.4, -0.2) is 40.8 Å². The first-order valence-corrected chi connectivity index (χ1v) is 9.74. The molecule has 5 nitrogen and oxygen atoms in total. The molecule has 1 amide bonds. The van der Waals surface area contributed by atoms with Crippen molar-refractivity contribution >= 4 is 24.0 Å². The minimum absolute atomic E-state index is 0.391. The van der Waals surface area contributed by atoms with E-state index in [1.54, 1.807) is 20.8 Å². The van der Waals surface area contributed by atoms with E-state index in [-0.39, 0.29) is 0 Å². The first kappa shape index (κ1) is 22.4. The summed E-state index contributed by atoms with van der Waals surface area (Å²) in [6.45, 7) is 4.84. The maximum atomic E-state index is 12.8. The molecule has 0 unspecified atom stereocenters. The van der Waals surface area contributed by atoms with E-state index in [0.717, 1.165) is 4.90 Å². The van der Waals surface area contributed by atoms with E-state index in [1.165, 1.54) is 16.3 Å². The van der Waals surface area contributed by atoms with E-state index in [2.05, 4.69) is 4.74 Å². The minimum atomic E-state index is -5.03. The standard InChI is InChI=1S/C19H24F3NO4S/c1-18(2,3)27-17(25)23(28-14-9-5-4-6-10-14)15-11-7-8-13(15)12-26-16(24)19(20,21)22/h4-6,9-10,13,15H,7-8,11-12H2,1-3H3/t13-,15+/m1/s1. The van der Waals surface area contributed by atoms with Gasteiger partial charge in [-0.15, -0.1) is 0 Å². The third-order valence-electron chi connectivity index (χ3n) is 4.10. The number of halogens is 3. The molecule has 0 bridgehead atoms. The lowest BCUT2D eigenvalue weighted by Crippen LogP contribution is -2.42. The molecule has 28 heavy (non-hydrogen) atoms. The van der Waals surface area contributed by atoms with Crippen LogP contribution in [0.25, 0.3) is 0 Å². The molecule has 0 saturated heterocycles. The highest BCUT2D eigenvalue weighted by Gasteiger charge is 2.43. The SMILES string of the molecule is CC(C)(C)OC(=O)N(Sc1ccccc1)[C@H]1CCC[C@@H]1COC(=O)C(F)(F)F. The lowest BCUT2D eigenvalue weighted by molar-refractivity contribution is -0.201. The van der Waals surface area contributed by atoms with Gasteiger partial charge in [-0.25, -0.2) is 13.9 Å². The Bertz CT molecular complexity index is 676. The number of hydrogen-bond acceptors (Lipinski definition) is 5.